The number of carbonyl (C=O) groups excluding carboxylic acids is 3. The van der Waals surface area contributed by atoms with E-state index in [0.717, 1.165) is 16.7 Å². The van der Waals surface area contributed by atoms with Crippen LogP contribution < -0.4 is 10.6 Å². The first kappa shape index (κ1) is 27.0. The minimum atomic E-state index is -0.790. The Morgan fingerprint density at radius 1 is 0.897 bits per heavy atom. The Morgan fingerprint density at radius 2 is 1.38 bits per heavy atom. The van der Waals surface area contributed by atoms with Crippen molar-refractivity contribution in [2.45, 2.75) is 48.0 Å². The molecule has 7 nitrogen and oxygen atoms in total. The summed E-state index contributed by atoms with van der Waals surface area (Å²) >= 11 is 1.63. The molecular formula is C31H33N3O4S. The SMILES string of the molecule is COC(=O)CCNC(=O)C1N2C(=O)C(NC(c3ccccc3)(c3ccccc3)c3ccccc3)[C@H]2SC1(C)C. The molecule has 3 aromatic rings. The van der Waals surface area contributed by atoms with E-state index in [1.807, 2.05) is 68.4 Å². The van der Waals surface area contributed by atoms with E-state index in [9.17, 15) is 14.4 Å². The molecule has 3 aromatic carbocycles. The zero-order chi connectivity index (χ0) is 27.6. The number of nitrogens with one attached hydrogen (secondary N) is 2. The fraction of sp³-hybridized carbons (Fsp3) is 0.323. The van der Waals surface area contributed by atoms with Gasteiger partial charge in [0.15, 0.2) is 0 Å². The highest BCUT2D eigenvalue weighted by atomic mass is 32.2. The van der Waals surface area contributed by atoms with Crippen molar-refractivity contribution in [3.05, 3.63) is 108 Å². The summed E-state index contributed by atoms with van der Waals surface area (Å²) < 4.78 is 4.15. The number of benzene rings is 3. The summed E-state index contributed by atoms with van der Waals surface area (Å²) in [6, 6.07) is 29.3. The second-order valence-corrected chi connectivity index (χ2v) is 12.1. The van der Waals surface area contributed by atoms with Crippen molar-refractivity contribution in [3.63, 3.8) is 0 Å². The molecule has 202 valence electrons. The van der Waals surface area contributed by atoms with Crippen LogP contribution in [0.5, 0.6) is 0 Å². The van der Waals surface area contributed by atoms with E-state index >= 15 is 0 Å². The van der Waals surface area contributed by atoms with E-state index in [0.29, 0.717) is 0 Å². The summed E-state index contributed by atoms with van der Waals surface area (Å²) in [7, 11) is 1.32. The van der Waals surface area contributed by atoms with E-state index in [1.54, 1.807) is 16.7 Å². The van der Waals surface area contributed by atoms with Gasteiger partial charge in [-0.05, 0) is 30.5 Å². The average Bonchev–Trinajstić information content (AvgIpc) is 3.22. The van der Waals surface area contributed by atoms with Crippen molar-refractivity contribution in [3.8, 4) is 0 Å². The van der Waals surface area contributed by atoms with E-state index < -0.39 is 28.3 Å². The molecule has 2 fully saturated rings. The molecular weight excluding hydrogens is 510 g/mol. The number of methoxy groups -OCH3 is 1. The highest BCUT2D eigenvalue weighted by molar-refractivity contribution is 8.01. The zero-order valence-electron chi connectivity index (χ0n) is 22.3. The third-order valence-corrected chi connectivity index (χ3v) is 9.11. The molecule has 8 heteroatoms. The highest BCUT2D eigenvalue weighted by Gasteiger charge is 2.64. The van der Waals surface area contributed by atoms with Gasteiger partial charge < -0.3 is 15.0 Å². The van der Waals surface area contributed by atoms with Crippen LogP contribution >= 0.6 is 11.8 Å². The predicted octanol–water partition coefficient (Wildman–Crippen LogP) is 3.68. The van der Waals surface area contributed by atoms with E-state index in [4.69, 9.17) is 0 Å². The molecule has 39 heavy (non-hydrogen) atoms. The number of amides is 2. The molecule has 0 aliphatic carbocycles. The first-order chi connectivity index (χ1) is 18.8. The maximum absolute atomic E-state index is 13.8. The molecule has 2 heterocycles. The van der Waals surface area contributed by atoms with Gasteiger partial charge in [-0.15, -0.1) is 11.8 Å². The average molecular weight is 544 g/mol. The van der Waals surface area contributed by atoms with Crippen LogP contribution in [0.2, 0.25) is 0 Å². The Hall–Kier alpha value is -3.62. The van der Waals surface area contributed by atoms with Crippen LogP contribution in [0.4, 0.5) is 0 Å². The molecule has 2 aliphatic heterocycles. The van der Waals surface area contributed by atoms with Gasteiger partial charge in [0, 0.05) is 11.3 Å². The van der Waals surface area contributed by atoms with Gasteiger partial charge in [-0.25, -0.2) is 0 Å². The summed E-state index contributed by atoms with van der Waals surface area (Å²) in [6.07, 6.45) is 0.0812. The molecule has 0 aromatic heterocycles. The van der Waals surface area contributed by atoms with Gasteiger partial charge >= 0.3 is 5.97 Å². The summed E-state index contributed by atoms with van der Waals surface area (Å²) in [5.41, 5.74) is 2.27. The predicted molar refractivity (Wildman–Crippen MR) is 152 cm³/mol. The van der Waals surface area contributed by atoms with Crippen LogP contribution in [-0.4, -0.2) is 58.5 Å². The Balaban J connectivity index is 1.49. The number of carbonyl (C=O) groups is 3. The van der Waals surface area contributed by atoms with Crippen LogP contribution in [0.25, 0.3) is 0 Å². The highest BCUT2D eigenvalue weighted by Crippen LogP contribution is 2.52. The van der Waals surface area contributed by atoms with Crippen molar-refractivity contribution in [1.29, 1.82) is 0 Å². The summed E-state index contributed by atoms with van der Waals surface area (Å²) in [6.45, 7) is 4.14. The standard InChI is InChI=1S/C31H33N3O4S/c1-30(2)26(27(36)32-20-19-24(35)38-3)34-28(37)25(29(34)39-30)33-31(21-13-7-4-8-14-21,22-15-9-5-10-16-22)23-17-11-6-12-18-23/h4-18,25-26,29,33H,19-20H2,1-3H3,(H,32,36)/t25?,26?,29-/m1/s1. The van der Waals surface area contributed by atoms with Crippen molar-refractivity contribution < 1.29 is 19.1 Å². The molecule has 2 amide bonds. The lowest BCUT2D eigenvalue weighted by Gasteiger charge is -2.49. The minimum absolute atomic E-state index is 0.0812. The quantitative estimate of drug-likeness (QED) is 0.243. The summed E-state index contributed by atoms with van der Waals surface area (Å²) in [5, 5.41) is 6.40. The Labute approximate surface area is 233 Å². The fourth-order valence-corrected chi connectivity index (χ4v) is 7.34. The minimum Gasteiger partial charge on any atom is -0.469 e. The first-order valence-electron chi connectivity index (χ1n) is 13.1. The number of hydrogen-bond donors (Lipinski definition) is 2. The molecule has 0 bridgehead atoms. The van der Waals surface area contributed by atoms with Crippen LogP contribution in [0.15, 0.2) is 91.0 Å². The number of fused-ring (bicyclic) bond motifs is 1. The molecule has 2 aliphatic rings. The summed E-state index contributed by atoms with van der Waals surface area (Å²) in [5.74, 6) is -0.763. The van der Waals surface area contributed by atoms with Crippen molar-refractivity contribution in [2.24, 2.45) is 0 Å². The van der Waals surface area contributed by atoms with Gasteiger partial charge in [0.25, 0.3) is 0 Å². The second kappa shape index (κ2) is 10.9. The number of ether oxygens (including phenoxy) is 1. The molecule has 5 rings (SSSR count). The van der Waals surface area contributed by atoms with Crippen LogP contribution in [0.3, 0.4) is 0 Å². The largest absolute Gasteiger partial charge is 0.469 e. The molecule has 2 unspecified atom stereocenters. The third kappa shape index (κ3) is 4.83. The fourth-order valence-electron chi connectivity index (χ4n) is 5.71. The molecule has 3 atom stereocenters. The van der Waals surface area contributed by atoms with Gasteiger partial charge in [0.05, 0.1) is 19.1 Å². The van der Waals surface area contributed by atoms with Gasteiger partial charge in [0.1, 0.15) is 17.5 Å². The van der Waals surface area contributed by atoms with Crippen molar-refractivity contribution >= 4 is 29.5 Å². The van der Waals surface area contributed by atoms with Crippen LogP contribution in [-0.2, 0) is 24.7 Å². The number of nitrogens with zero attached hydrogens (tertiary/aromatic N) is 1. The monoisotopic (exact) mass is 543 g/mol. The Bertz CT molecular complexity index is 1240. The van der Waals surface area contributed by atoms with Crippen LogP contribution in [0, 0.1) is 0 Å². The van der Waals surface area contributed by atoms with Gasteiger partial charge in [-0.1, -0.05) is 91.0 Å². The van der Waals surface area contributed by atoms with E-state index in [1.165, 1.54) is 7.11 Å². The lowest BCUT2D eigenvalue weighted by molar-refractivity contribution is -0.154. The Kier molecular flexibility index (Phi) is 7.51. The maximum atomic E-state index is 13.8. The number of thioether (sulfide) groups is 1. The number of rotatable bonds is 9. The van der Waals surface area contributed by atoms with Gasteiger partial charge in [-0.2, -0.15) is 0 Å². The normalized spacial score (nSPS) is 21.6. The van der Waals surface area contributed by atoms with Gasteiger partial charge in [-0.3, -0.25) is 19.7 Å². The Morgan fingerprint density at radius 3 is 1.85 bits per heavy atom. The van der Waals surface area contributed by atoms with Crippen molar-refractivity contribution in [1.82, 2.24) is 15.5 Å². The molecule has 2 N–H and O–H groups in total. The van der Waals surface area contributed by atoms with E-state index in [2.05, 4.69) is 51.8 Å². The molecule has 2 saturated heterocycles. The first-order valence-corrected chi connectivity index (χ1v) is 14.0. The lowest BCUT2D eigenvalue weighted by atomic mass is 9.76. The van der Waals surface area contributed by atoms with Gasteiger partial charge in [0.2, 0.25) is 11.8 Å². The number of β-lactam (4-membered cyclic amide) rings is 1. The summed E-state index contributed by atoms with van der Waals surface area (Å²) in [4.78, 5) is 40.3. The van der Waals surface area contributed by atoms with Crippen molar-refractivity contribution in [2.75, 3.05) is 13.7 Å². The number of esters is 1. The van der Waals surface area contributed by atoms with E-state index in [-0.39, 0.29) is 30.2 Å². The molecule has 0 radical (unpaired) electrons. The van der Waals surface area contributed by atoms with Crippen LogP contribution in [0.1, 0.15) is 37.0 Å². The maximum Gasteiger partial charge on any atom is 0.307 e. The topological polar surface area (TPSA) is 87.7 Å². The molecule has 0 spiro atoms. The zero-order valence-corrected chi connectivity index (χ0v) is 23.1. The number of hydrogen-bond acceptors (Lipinski definition) is 6. The smallest absolute Gasteiger partial charge is 0.307 e. The lowest BCUT2D eigenvalue weighted by Crippen LogP contribution is -2.73. The second-order valence-electron chi connectivity index (χ2n) is 10.3. The molecule has 0 saturated carbocycles. The third-order valence-electron chi connectivity index (χ3n) is 7.54.